The number of amides is 1. The van der Waals surface area contributed by atoms with E-state index in [4.69, 9.17) is 14.2 Å². The van der Waals surface area contributed by atoms with Crippen LogP contribution in [-0.2, 0) is 14.2 Å². The van der Waals surface area contributed by atoms with Gasteiger partial charge in [-0.15, -0.1) is 0 Å². The second kappa shape index (κ2) is 8.76. The van der Waals surface area contributed by atoms with E-state index in [-0.39, 0.29) is 0 Å². The summed E-state index contributed by atoms with van der Waals surface area (Å²) in [7, 11) is 1.56. The van der Waals surface area contributed by atoms with Gasteiger partial charge in [-0.25, -0.2) is 4.79 Å². The van der Waals surface area contributed by atoms with Crippen molar-refractivity contribution in [3.05, 3.63) is 23.7 Å². The van der Waals surface area contributed by atoms with Crippen LogP contribution in [0.1, 0.15) is 53.4 Å². The molecule has 8 atom stereocenters. The summed E-state index contributed by atoms with van der Waals surface area (Å²) in [5.41, 5.74) is 2.57. The number of allylic oxidation sites excluding steroid dienone is 2. The summed E-state index contributed by atoms with van der Waals surface area (Å²) in [4.78, 5) is 11.2. The van der Waals surface area contributed by atoms with Gasteiger partial charge in [-0.1, -0.05) is 13.8 Å². The summed E-state index contributed by atoms with van der Waals surface area (Å²) in [6.45, 7) is 8.59. The first-order valence-electron chi connectivity index (χ1n) is 10.5. The SMILES string of the molecule is CC1=COC(O)C2C(C)CCC12.CNC(=O)OC1OC=C(C)C2CCC(C)C12. The molecule has 1 amide bonds. The van der Waals surface area contributed by atoms with Gasteiger partial charge in [-0.2, -0.15) is 0 Å². The van der Waals surface area contributed by atoms with Gasteiger partial charge in [0.1, 0.15) is 0 Å². The maximum absolute atomic E-state index is 11.2. The number of carbonyl (C=O) groups excluding carboxylic acids is 1. The van der Waals surface area contributed by atoms with Crippen molar-refractivity contribution in [3.8, 4) is 0 Å². The first-order chi connectivity index (χ1) is 13.3. The van der Waals surface area contributed by atoms with Crippen molar-refractivity contribution in [2.75, 3.05) is 7.05 Å². The van der Waals surface area contributed by atoms with Crippen molar-refractivity contribution >= 4 is 6.09 Å². The molecule has 0 spiro atoms. The summed E-state index contributed by atoms with van der Waals surface area (Å²) in [5.74, 6) is 2.89. The normalized spacial score (nSPS) is 41.1. The predicted octanol–water partition coefficient (Wildman–Crippen LogP) is 4.17. The van der Waals surface area contributed by atoms with Gasteiger partial charge < -0.3 is 24.6 Å². The molecule has 0 radical (unpaired) electrons. The third-order valence-electron chi connectivity index (χ3n) is 7.13. The molecule has 6 nitrogen and oxygen atoms in total. The number of alkyl carbamates (subject to hydrolysis) is 1. The Morgan fingerprint density at radius 2 is 1.54 bits per heavy atom. The van der Waals surface area contributed by atoms with Crippen LogP contribution >= 0.6 is 0 Å². The lowest BCUT2D eigenvalue weighted by Crippen LogP contribution is -2.38. The summed E-state index contributed by atoms with van der Waals surface area (Å²) in [5, 5.41) is 12.1. The van der Waals surface area contributed by atoms with Crippen LogP contribution in [-0.4, -0.2) is 30.8 Å². The Kier molecular flexibility index (Phi) is 6.58. The van der Waals surface area contributed by atoms with E-state index in [1.165, 1.54) is 36.8 Å². The van der Waals surface area contributed by atoms with Gasteiger partial charge in [0.15, 0.2) is 6.29 Å². The Balaban J connectivity index is 0.000000167. The standard InChI is InChI=1S/C12H19NO3.C10H16O2/c1-7-4-5-9-8(2)6-15-11(10(7)9)16-12(14)13-3;1-6-3-4-8-7(2)5-12-10(11)9(6)8/h6-7,9-11H,4-5H2,1-3H3,(H,13,14);5-6,8-11H,3-4H2,1-2H3. The van der Waals surface area contributed by atoms with Gasteiger partial charge in [-0.05, 0) is 74.3 Å². The second-order valence-corrected chi connectivity index (χ2v) is 8.89. The van der Waals surface area contributed by atoms with Crippen LogP contribution < -0.4 is 5.32 Å². The molecule has 8 unspecified atom stereocenters. The van der Waals surface area contributed by atoms with E-state index < -0.39 is 18.7 Å². The first-order valence-corrected chi connectivity index (χ1v) is 10.5. The smallest absolute Gasteiger partial charge is 0.409 e. The second-order valence-electron chi connectivity index (χ2n) is 8.89. The number of rotatable bonds is 1. The number of hydrogen-bond donors (Lipinski definition) is 2. The zero-order valence-corrected chi connectivity index (χ0v) is 17.7. The number of carbonyl (C=O) groups is 1. The average molecular weight is 394 g/mol. The zero-order valence-electron chi connectivity index (χ0n) is 17.7. The summed E-state index contributed by atoms with van der Waals surface area (Å²) < 4.78 is 15.9. The molecule has 6 heteroatoms. The van der Waals surface area contributed by atoms with Crippen molar-refractivity contribution in [3.63, 3.8) is 0 Å². The van der Waals surface area contributed by atoms with Crippen LogP contribution in [0.4, 0.5) is 4.79 Å². The molecule has 2 fully saturated rings. The molecule has 158 valence electrons. The van der Waals surface area contributed by atoms with Gasteiger partial charge in [0.25, 0.3) is 0 Å². The van der Waals surface area contributed by atoms with Crippen LogP contribution in [0, 0.1) is 35.5 Å². The summed E-state index contributed by atoms with van der Waals surface area (Å²) >= 11 is 0. The van der Waals surface area contributed by atoms with E-state index in [2.05, 4.69) is 33.0 Å². The Morgan fingerprint density at radius 3 is 2.11 bits per heavy atom. The predicted molar refractivity (Wildman–Crippen MR) is 106 cm³/mol. The summed E-state index contributed by atoms with van der Waals surface area (Å²) in [6.07, 6.45) is 6.85. The van der Waals surface area contributed by atoms with E-state index in [9.17, 15) is 9.90 Å². The van der Waals surface area contributed by atoms with Gasteiger partial charge >= 0.3 is 6.09 Å². The lowest BCUT2D eigenvalue weighted by Gasteiger charge is -2.34. The molecular weight excluding hydrogens is 358 g/mol. The highest BCUT2D eigenvalue weighted by Gasteiger charge is 2.45. The third kappa shape index (κ3) is 4.17. The highest BCUT2D eigenvalue weighted by atomic mass is 16.7. The van der Waals surface area contributed by atoms with Crippen molar-refractivity contribution in [1.82, 2.24) is 5.32 Å². The minimum atomic E-state index is -0.559. The fourth-order valence-electron chi connectivity index (χ4n) is 5.43. The summed E-state index contributed by atoms with van der Waals surface area (Å²) in [6, 6.07) is 0. The molecule has 0 aromatic rings. The van der Waals surface area contributed by atoms with E-state index in [1.807, 2.05) is 0 Å². The number of aliphatic hydroxyl groups is 1. The number of nitrogens with one attached hydrogen (secondary N) is 1. The van der Waals surface area contributed by atoms with Crippen molar-refractivity contribution in [2.45, 2.75) is 66.0 Å². The molecule has 4 aliphatic rings. The first kappa shape index (κ1) is 21.0. The molecule has 0 aromatic heterocycles. The molecular formula is C22H35NO5. The molecule has 0 saturated heterocycles. The minimum Gasteiger partial charge on any atom is -0.472 e. The number of ether oxygens (including phenoxy) is 3. The fourth-order valence-corrected chi connectivity index (χ4v) is 5.43. The molecule has 0 aromatic carbocycles. The maximum atomic E-state index is 11.2. The quantitative estimate of drug-likeness (QED) is 0.699. The Labute approximate surface area is 168 Å². The maximum Gasteiger partial charge on any atom is 0.409 e. The van der Waals surface area contributed by atoms with Gasteiger partial charge in [0.2, 0.25) is 6.29 Å². The Bertz CT molecular complexity index is 630. The Morgan fingerprint density at radius 1 is 1.00 bits per heavy atom. The number of aliphatic hydroxyl groups excluding tert-OH is 1. The molecule has 2 aliphatic heterocycles. The Hall–Kier alpha value is -1.69. The van der Waals surface area contributed by atoms with Gasteiger partial charge in [0.05, 0.1) is 12.5 Å². The highest BCUT2D eigenvalue weighted by Crippen LogP contribution is 2.46. The van der Waals surface area contributed by atoms with E-state index in [0.29, 0.717) is 35.5 Å². The highest BCUT2D eigenvalue weighted by molar-refractivity contribution is 5.66. The monoisotopic (exact) mass is 393 g/mol. The van der Waals surface area contributed by atoms with E-state index in [1.54, 1.807) is 19.6 Å². The third-order valence-corrected chi connectivity index (χ3v) is 7.13. The van der Waals surface area contributed by atoms with Crippen molar-refractivity contribution < 1.29 is 24.1 Å². The average Bonchev–Trinajstić information content (AvgIpc) is 3.26. The largest absolute Gasteiger partial charge is 0.472 e. The molecule has 4 rings (SSSR count). The molecule has 0 bridgehead atoms. The number of fused-ring (bicyclic) bond motifs is 2. The van der Waals surface area contributed by atoms with E-state index >= 15 is 0 Å². The van der Waals surface area contributed by atoms with Crippen LogP contribution in [0.5, 0.6) is 0 Å². The zero-order chi connectivity index (χ0) is 20.4. The molecule has 2 N–H and O–H groups in total. The molecule has 2 heterocycles. The van der Waals surface area contributed by atoms with Crippen molar-refractivity contribution in [2.24, 2.45) is 35.5 Å². The van der Waals surface area contributed by atoms with Crippen LogP contribution in [0.3, 0.4) is 0 Å². The minimum absolute atomic E-state index is 0.308. The lowest BCUT2D eigenvalue weighted by atomic mass is 9.84. The molecule has 28 heavy (non-hydrogen) atoms. The topological polar surface area (TPSA) is 77.0 Å². The fraction of sp³-hybridized carbons (Fsp3) is 0.773. The molecule has 2 aliphatic carbocycles. The van der Waals surface area contributed by atoms with E-state index in [0.717, 1.165) is 0 Å². The van der Waals surface area contributed by atoms with Gasteiger partial charge in [-0.3, -0.25) is 0 Å². The van der Waals surface area contributed by atoms with Crippen LogP contribution in [0.25, 0.3) is 0 Å². The lowest BCUT2D eigenvalue weighted by molar-refractivity contribution is -0.124. The van der Waals surface area contributed by atoms with Crippen molar-refractivity contribution in [1.29, 1.82) is 0 Å². The number of hydrogen-bond acceptors (Lipinski definition) is 5. The van der Waals surface area contributed by atoms with Gasteiger partial charge in [0, 0.05) is 18.9 Å². The van der Waals surface area contributed by atoms with Crippen LogP contribution in [0.15, 0.2) is 23.7 Å². The molecule has 2 saturated carbocycles. The van der Waals surface area contributed by atoms with Crippen LogP contribution in [0.2, 0.25) is 0 Å².